The topological polar surface area (TPSA) is 51.9 Å². The van der Waals surface area contributed by atoms with E-state index < -0.39 is 0 Å². The molecule has 5 nitrogen and oxygen atoms in total. The van der Waals surface area contributed by atoms with Crippen LogP contribution in [0.5, 0.6) is 0 Å². The highest BCUT2D eigenvalue weighted by atomic mass is 16.1. The summed E-state index contributed by atoms with van der Waals surface area (Å²) in [6, 6.07) is 22.9. The zero-order chi connectivity index (χ0) is 19.8. The molecule has 0 saturated heterocycles. The summed E-state index contributed by atoms with van der Waals surface area (Å²) in [6.07, 6.45) is 1.78. The van der Waals surface area contributed by atoms with Crippen LogP contribution in [0.3, 0.4) is 0 Å². The van der Waals surface area contributed by atoms with E-state index >= 15 is 0 Å². The lowest BCUT2D eigenvalue weighted by Gasteiger charge is -2.14. The summed E-state index contributed by atoms with van der Waals surface area (Å²) < 4.78 is 3.72. The first-order valence-corrected chi connectivity index (χ1v) is 10.2. The minimum atomic E-state index is 0.0233. The Morgan fingerprint density at radius 2 is 1.79 bits per heavy atom. The quantitative estimate of drug-likeness (QED) is 0.559. The molecule has 0 spiro atoms. The van der Waals surface area contributed by atoms with Crippen molar-refractivity contribution in [2.75, 3.05) is 5.32 Å². The monoisotopic (exact) mass is 384 g/mol. The van der Waals surface area contributed by atoms with Gasteiger partial charge in [-0.1, -0.05) is 67.6 Å². The standard InChI is InChI=1S/C24H24N4O/c1-2-13-27-23-20(15-21(26-23)18-11-7-4-8-12-18)22-25-19(16-28(22)24(27)29)14-17-9-5-3-6-10-17/h3-12,15,19,25H,2,13-14,16H2,1H3/t19-/m1/s1. The number of rotatable bonds is 5. The Kier molecular flexibility index (Phi) is 4.43. The lowest BCUT2D eigenvalue weighted by atomic mass is 10.1. The Hall–Kier alpha value is -3.34. The van der Waals surface area contributed by atoms with Crippen LogP contribution in [0.2, 0.25) is 0 Å². The largest absolute Gasteiger partial charge is 0.366 e. The summed E-state index contributed by atoms with van der Waals surface area (Å²) in [5.41, 5.74) is 4.29. The average Bonchev–Trinajstić information content (AvgIpc) is 3.37. The SMILES string of the molecule is CCCn1c2nc(-c3ccccc3)cc-2c2n(c1=O)C[C@@H](Cc1ccccc1)N2. The second-order valence-corrected chi connectivity index (χ2v) is 7.67. The molecule has 0 amide bonds. The molecule has 0 fully saturated rings. The number of nitrogens with zero attached hydrogens (tertiary/aromatic N) is 3. The summed E-state index contributed by atoms with van der Waals surface area (Å²) >= 11 is 0. The maximum Gasteiger partial charge on any atom is 0.331 e. The first-order chi connectivity index (χ1) is 14.2. The highest BCUT2D eigenvalue weighted by Gasteiger charge is 2.30. The van der Waals surface area contributed by atoms with Crippen LogP contribution in [-0.4, -0.2) is 20.2 Å². The zero-order valence-electron chi connectivity index (χ0n) is 16.5. The number of aromatic nitrogens is 3. The van der Waals surface area contributed by atoms with Crippen LogP contribution in [0, 0.1) is 0 Å². The number of fused-ring (bicyclic) bond motifs is 3. The molecule has 2 aromatic rings. The predicted molar refractivity (Wildman–Crippen MR) is 116 cm³/mol. The van der Waals surface area contributed by atoms with Crippen LogP contribution in [0.25, 0.3) is 22.6 Å². The Balaban J connectivity index is 1.59. The third kappa shape index (κ3) is 3.12. The molecule has 5 heteroatoms. The highest BCUT2D eigenvalue weighted by Crippen LogP contribution is 2.36. The second-order valence-electron chi connectivity index (χ2n) is 7.67. The van der Waals surface area contributed by atoms with Crippen molar-refractivity contribution in [2.45, 2.75) is 38.9 Å². The van der Waals surface area contributed by atoms with Crippen molar-refractivity contribution in [3.63, 3.8) is 0 Å². The normalized spacial score (nSPS) is 15.4. The Morgan fingerprint density at radius 3 is 2.52 bits per heavy atom. The van der Waals surface area contributed by atoms with E-state index in [1.807, 2.05) is 33.4 Å². The molecule has 5 rings (SSSR count). The van der Waals surface area contributed by atoms with Crippen LogP contribution < -0.4 is 11.0 Å². The molecule has 3 aliphatic heterocycles. The molecular formula is C24H24N4O. The molecule has 0 radical (unpaired) electrons. The fourth-order valence-corrected chi connectivity index (χ4v) is 4.25. The number of anilines is 1. The summed E-state index contributed by atoms with van der Waals surface area (Å²) in [5, 5.41) is 3.61. The molecule has 146 valence electrons. The van der Waals surface area contributed by atoms with Crippen LogP contribution in [0.4, 0.5) is 5.82 Å². The van der Waals surface area contributed by atoms with Crippen LogP contribution in [-0.2, 0) is 19.5 Å². The number of hydrogen-bond donors (Lipinski definition) is 1. The van der Waals surface area contributed by atoms with Gasteiger partial charge in [-0.05, 0) is 24.5 Å². The van der Waals surface area contributed by atoms with Crippen molar-refractivity contribution < 1.29 is 0 Å². The third-order valence-electron chi connectivity index (χ3n) is 5.58. The van der Waals surface area contributed by atoms with E-state index in [2.05, 4.69) is 54.7 Å². The second kappa shape index (κ2) is 7.24. The first-order valence-electron chi connectivity index (χ1n) is 10.2. The summed E-state index contributed by atoms with van der Waals surface area (Å²) in [5.74, 6) is 1.67. The molecule has 3 aliphatic rings. The van der Waals surface area contributed by atoms with Gasteiger partial charge in [-0.25, -0.2) is 9.78 Å². The molecule has 2 aromatic carbocycles. The van der Waals surface area contributed by atoms with Crippen molar-refractivity contribution in [2.24, 2.45) is 0 Å². The number of nitrogens with one attached hydrogen (secondary N) is 1. The number of benzene rings is 2. The van der Waals surface area contributed by atoms with Gasteiger partial charge in [-0.2, -0.15) is 0 Å². The molecular weight excluding hydrogens is 360 g/mol. The van der Waals surface area contributed by atoms with Crippen molar-refractivity contribution in [1.29, 1.82) is 0 Å². The molecule has 0 aliphatic carbocycles. The minimum absolute atomic E-state index is 0.0233. The number of hydrogen-bond acceptors (Lipinski definition) is 3. The van der Waals surface area contributed by atoms with E-state index in [0.29, 0.717) is 13.1 Å². The van der Waals surface area contributed by atoms with Crippen molar-refractivity contribution in [1.82, 2.24) is 14.1 Å². The van der Waals surface area contributed by atoms with Gasteiger partial charge in [-0.15, -0.1) is 0 Å². The average molecular weight is 384 g/mol. The van der Waals surface area contributed by atoms with Gasteiger partial charge in [-0.3, -0.25) is 9.13 Å². The van der Waals surface area contributed by atoms with Gasteiger partial charge in [0.1, 0.15) is 11.6 Å². The van der Waals surface area contributed by atoms with E-state index in [9.17, 15) is 4.79 Å². The zero-order valence-corrected chi connectivity index (χ0v) is 16.5. The molecule has 1 N–H and O–H groups in total. The van der Waals surface area contributed by atoms with E-state index in [4.69, 9.17) is 4.98 Å². The van der Waals surface area contributed by atoms with Gasteiger partial charge >= 0.3 is 5.69 Å². The molecule has 1 atom stereocenters. The van der Waals surface area contributed by atoms with Crippen LogP contribution in [0.15, 0.2) is 71.5 Å². The summed E-state index contributed by atoms with van der Waals surface area (Å²) in [4.78, 5) is 18.1. The van der Waals surface area contributed by atoms with E-state index in [1.54, 1.807) is 0 Å². The molecule has 0 aromatic heterocycles. The fraction of sp³-hybridized carbons (Fsp3) is 0.250. The first kappa shape index (κ1) is 17.7. The summed E-state index contributed by atoms with van der Waals surface area (Å²) in [6.45, 7) is 3.44. The van der Waals surface area contributed by atoms with Gasteiger partial charge < -0.3 is 5.32 Å². The Morgan fingerprint density at radius 1 is 1.07 bits per heavy atom. The molecule has 0 unspecified atom stereocenters. The predicted octanol–water partition coefficient (Wildman–Crippen LogP) is 4.26. The molecule has 0 saturated carbocycles. The van der Waals surface area contributed by atoms with Gasteiger partial charge in [0.2, 0.25) is 0 Å². The lowest BCUT2D eigenvalue weighted by Crippen LogP contribution is -2.32. The maximum atomic E-state index is 13.3. The highest BCUT2D eigenvalue weighted by molar-refractivity contribution is 5.80. The van der Waals surface area contributed by atoms with Crippen molar-refractivity contribution in [3.05, 3.63) is 82.8 Å². The van der Waals surface area contributed by atoms with Crippen LogP contribution in [0.1, 0.15) is 18.9 Å². The minimum Gasteiger partial charge on any atom is -0.366 e. The summed E-state index contributed by atoms with van der Waals surface area (Å²) in [7, 11) is 0. The van der Waals surface area contributed by atoms with Gasteiger partial charge in [0.25, 0.3) is 0 Å². The Labute approximate surface area is 170 Å². The van der Waals surface area contributed by atoms with Gasteiger partial charge in [0, 0.05) is 24.7 Å². The maximum absolute atomic E-state index is 13.3. The van der Waals surface area contributed by atoms with E-state index in [0.717, 1.165) is 41.3 Å². The van der Waals surface area contributed by atoms with Crippen molar-refractivity contribution >= 4 is 5.82 Å². The van der Waals surface area contributed by atoms with E-state index in [-0.39, 0.29) is 11.7 Å². The van der Waals surface area contributed by atoms with E-state index in [1.165, 1.54) is 5.56 Å². The van der Waals surface area contributed by atoms with Crippen molar-refractivity contribution in [3.8, 4) is 22.6 Å². The smallest absolute Gasteiger partial charge is 0.331 e. The Bertz CT molecular complexity index is 1160. The van der Waals surface area contributed by atoms with Crippen LogP contribution >= 0.6 is 0 Å². The molecule has 29 heavy (non-hydrogen) atoms. The van der Waals surface area contributed by atoms with Gasteiger partial charge in [0.15, 0.2) is 0 Å². The molecule has 0 bridgehead atoms. The third-order valence-corrected chi connectivity index (χ3v) is 5.58. The van der Waals surface area contributed by atoms with Gasteiger partial charge in [0.05, 0.1) is 11.3 Å². The molecule has 3 heterocycles. The fourth-order valence-electron chi connectivity index (χ4n) is 4.25. The lowest BCUT2D eigenvalue weighted by molar-refractivity contribution is 0.561.